The van der Waals surface area contributed by atoms with Crippen LogP contribution in [0.5, 0.6) is 0 Å². The Morgan fingerprint density at radius 1 is 0.711 bits per heavy atom. The molecule has 0 heterocycles. The van der Waals surface area contributed by atoms with Crippen LogP contribution in [0.3, 0.4) is 0 Å². The van der Waals surface area contributed by atoms with Crippen molar-refractivity contribution in [3.05, 3.63) is 112 Å². The van der Waals surface area contributed by atoms with Gasteiger partial charge in [-0.15, -0.1) is 0 Å². The smallest absolute Gasteiger partial charge is 0.202 e. The summed E-state index contributed by atoms with van der Waals surface area (Å²) in [4.78, 5) is 7.23. The Bertz CT molecular complexity index is 1700. The summed E-state index contributed by atoms with van der Waals surface area (Å²) < 4.78 is 0. The van der Waals surface area contributed by atoms with Crippen LogP contribution >= 0.6 is 0 Å². The third-order valence-corrected chi connectivity index (χ3v) is 6.19. The van der Waals surface area contributed by atoms with E-state index >= 15 is 0 Å². The fraction of sp³-hybridized carbons (Fsp3) is 0.0588. The van der Waals surface area contributed by atoms with Crippen LogP contribution in [0.15, 0.2) is 72.8 Å². The van der Waals surface area contributed by atoms with Gasteiger partial charge in [0.25, 0.3) is 0 Å². The van der Waals surface area contributed by atoms with Gasteiger partial charge in [-0.3, -0.25) is 0 Å². The van der Waals surface area contributed by atoms with E-state index in [2.05, 4.69) is 35.1 Å². The first-order valence-electron chi connectivity index (χ1n) is 11.8. The minimum Gasteiger partial charge on any atom is -0.378 e. The molecule has 4 aromatic rings. The number of nitriles is 1. The predicted molar refractivity (Wildman–Crippen MR) is 160 cm³/mol. The molecule has 0 radical (unpaired) electrons. The summed E-state index contributed by atoms with van der Waals surface area (Å²) in [6, 6.07) is 30.5. The average Bonchev–Trinajstić information content (AvgIpc) is 2.95. The number of nitrogens with zero attached hydrogens (tertiary/aromatic N) is 4. The van der Waals surface area contributed by atoms with E-state index in [0.717, 1.165) is 44.4 Å². The highest BCUT2D eigenvalue weighted by Gasteiger charge is 2.11. The topological polar surface area (TPSA) is 34.6 Å². The summed E-state index contributed by atoms with van der Waals surface area (Å²) in [5, 5.41) is 11.5. The van der Waals surface area contributed by atoms with E-state index in [-0.39, 0.29) is 0 Å². The second-order valence-corrected chi connectivity index (χ2v) is 8.69. The Morgan fingerprint density at radius 3 is 1.76 bits per heavy atom. The maximum Gasteiger partial charge on any atom is 0.202 e. The predicted octanol–water partition coefficient (Wildman–Crippen LogP) is 7.66. The lowest BCUT2D eigenvalue weighted by Crippen LogP contribution is -2.07. The van der Waals surface area contributed by atoms with Crippen LogP contribution in [0.2, 0.25) is 0 Å². The van der Waals surface area contributed by atoms with E-state index < -0.39 is 0 Å². The first kappa shape index (κ1) is 25.4. The fourth-order valence-corrected chi connectivity index (χ4v) is 4.12. The molecule has 4 nitrogen and oxygen atoms in total. The number of anilines is 2. The first-order valence-corrected chi connectivity index (χ1v) is 11.8. The van der Waals surface area contributed by atoms with Crippen molar-refractivity contribution in [1.82, 2.24) is 0 Å². The summed E-state index contributed by atoms with van der Waals surface area (Å²) in [6.45, 7) is 7.84. The number of fused-ring (bicyclic) bond motifs is 1. The molecule has 0 unspecified atom stereocenters. The highest BCUT2D eigenvalue weighted by Crippen LogP contribution is 2.35. The molecule has 0 aliphatic carbocycles. The lowest BCUT2D eigenvalue weighted by Gasteiger charge is -2.12. The summed E-state index contributed by atoms with van der Waals surface area (Å²) in [5.41, 5.74) is 6.48. The van der Waals surface area contributed by atoms with E-state index in [1.165, 1.54) is 4.90 Å². The van der Waals surface area contributed by atoms with Crippen LogP contribution in [0.25, 0.3) is 39.9 Å². The molecule has 0 bridgehead atoms. The summed E-state index contributed by atoms with van der Waals surface area (Å²) >= 11 is 0. The van der Waals surface area contributed by atoms with Gasteiger partial charge < -0.3 is 4.90 Å². The Kier molecular flexibility index (Phi) is 7.60. The molecule has 4 rings (SSSR count). The van der Waals surface area contributed by atoms with Crippen molar-refractivity contribution in [2.24, 2.45) is 0 Å². The quantitative estimate of drug-likeness (QED) is 0.121. The largest absolute Gasteiger partial charge is 0.378 e. The Morgan fingerprint density at radius 2 is 1.24 bits per heavy atom. The van der Waals surface area contributed by atoms with Gasteiger partial charge in [0.15, 0.2) is 0 Å². The fourth-order valence-electron chi connectivity index (χ4n) is 4.12. The molecular weight excluding hydrogens is 464 g/mol. The van der Waals surface area contributed by atoms with Crippen LogP contribution in [0, 0.1) is 42.8 Å². The van der Waals surface area contributed by atoms with Gasteiger partial charge in [0.1, 0.15) is 6.07 Å². The molecule has 4 aromatic carbocycles. The van der Waals surface area contributed by atoms with Crippen LogP contribution in [0.1, 0.15) is 27.8 Å². The first-order chi connectivity index (χ1) is 18.5. The monoisotopic (exact) mass is 488 g/mol. The average molecular weight is 489 g/mol. The van der Waals surface area contributed by atoms with Gasteiger partial charge in [-0.1, -0.05) is 85.7 Å². The summed E-state index contributed by atoms with van der Waals surface area (Å²) in [5.74, 6) is 0. The van der Waals surface area contributed by atoms with Gasteiger partial charge >= 0.3 is 0 Å². The maximum absolute atomic E-state index is 9.99. The number of hydrogen-bond acceptors (Lipinski definition) is 3. The number of hydrogen-bond donors (Lipinski definition) is 0. The van der Waals surface area contributed by atoms with Crippen molar-refractivity contribution in [1.29, 1.82) is 5.26 Å². The van der Waals surface area contributed by atoms with Crippen LogP contribution in [0.4, 0.5) is 17.1 Å². The van der Waals surface area contributed by atoms with Gasteiger partial charge in [0, 0.05) is 31.9 Å². The van der Waals surface area contributed by atoms with E-state index in [1.807, 2.05) is 104 Å². The molecule has 0 N–H and O–H groups in total. The normalized spacial score (nSPS) is 10.6. The van der Waals surface area contributed by atoms with E-state index in [4.69, 9.17) is 19.4 Å². The minimum absolute atomic E-state index is 0.526. The highest BCUT2D eigenvalue weighted by atomic mass is 15.1. The Labute approximate surface area is 224 Å². The van der Waals surface area contributed by atoms with Gasteiger partial charge in [0.05, 0.1) is 17.8 Å². The van der Waals surface area contributed by atoms with Crippen molar-refractivity contribution in [3.63, 3.8) is 0 Å². The van der Waals surface area contributed by atoms with Crippen LogP contribution in [-0.4, -0.2) is 14.1 Å². The van der Waals surface area contributed by atoms with Crippen molar-refractivity contribution in [2.45, 2.75) is 0 Å². The van der Waals surface area contributed by atoms with Crippen LogP contribution in [-0.2, 0) is 0 Å². The zero-order chi connectivity index (χ0) is 27.1. The summed E-state index contributed by atoms with van der Waals surface area (Å²) in [6.07, 6.45) is 18.6. The number of terminal acetylenes is 2. The molecule has 180 valence electrons. The lowest BCUT2D eigenvalue weighted by molar-refractivity contribution is 1.13. The second-order valence-electron chi connectivity index (χ2n) is 8.69. The van der Waals surface area contributed by atoms with Gasteiger partial charge in [-0.2, -0.15) is 5.26 Å². The minimum atomic E-state index is 0.526. The van der Waals surface area contributed by atoms with Crippen molar-refractivity contribution >= 4 is 52.1 Å². The van der Waals surface area contributed by atoms with Gasteiger partial charge in [-0.25, -0.2) is 9.74 Å². The van der Waals surface area contributed by atoms with E-state index in [9.17, 15) is 5.26 Å². The molecule has 0 aromatic heterocycles. The standard InChI is InChI=1S/C34H24N4/c1-6-38(7-2)30-20-12-25(13-21-30)8-14-27-16-23-32-31(33(27)24-35)22-17-28(34(32)36-3)15-9-26-10-18-29(19-11-26)37(4)5/h1-2,8-23H,4-5H3/b14-8+,15-9+. The molecular formula is C34H24N4. The van der Waals surface area contributed by atoms with E-state index in [1.54, 1.807) is 0 Å². The molecule has 38 heavy (non-hydrogen) atoms. The molecule has 0 fully saturated rings. The van der Waals surface area contributed by atoms with Crippen molar-refractivity contribution in [3.8, 4) is 31.0 Å². The molecule has 0 spiro atoms. The zero-order valence-corrected chi connectivity index (χ0v) is 21.2. The number of benzene rings is 4. The maximum atomic E-state index is 9.99. The second kappa shape index (κ2) is 11.4. The third kappa shape index (κ3) is 5.27. The van der Waals surface area contributed by atoms with Gasteiger partial charge in [-0.05, 0) is 57.3 Å². The Hall–Kier alpha value is -5.68. The van der Waals surface area contributed by atoms with Gasteiger partial charge in [0.2, 0.25) is 5.69 Å². The molecule has 0 amide bonds. The van der Waals surface area contributed by atoms with Crippen molar-refractivity contribution in [2.75, 3.05) is 23.9 Å². The number of rotatable bonds is 6. The van der Waals surface area contributed by atoms with E-state index in [0.29, 0.717) is 11.3 Å². The highest BCUT2D eigenvalue weighted by molar-refractivity contribution is 6.03. The van der Waals surface area contributed by atoms with Crippen molar-refractivity contribution < 1.29 is 0 Å². The zero-order valence-electron chi connectivity index (χ0n) is 21.2. The molecule has 0 aliphatic heterocycles. The molecule has 0 atom stereocenters. The molecule has 0 saturated heterocycles. The molecule has 0 aliphatic rings. The summed E-state index contributed by atoms with van der Waals surface area (Å²) in [7, 11) is 4.01. The third-order valence-electron chi connectivity index (χ3n) is 6.19. The SMILES string of the molecule is [C-]#[N+]c1c(/C=C/c2ccc(N(C)C)cc2)ccc2c(C#N)c(/C=C/c3ccc(N(C#C)C#C)cc3)ccc12. The molecule has 4 heteroatoms. The molecule has 0 saturated carbocycles. The van der Waals surface area contributed by atoms with Crippen LogP contribution < -0.4 is 9.80 Å². The Balaban J connectivity index is 1.65. The lowest BCUT2D eigenvalue weighted by atomic mass is 9.95.